The molecule has 1 aliphatic heterocycles. The largest absolute Gasteiger partial charge is 0.491 e. The highest BCUT2D eigenvalue weighted by atomic mass is 16.5. The molecule has 1 aromatic carbocycles. The molecule has 21 heavy (non-hydrogen) atoms. The number of carbonyl (C=O) groups excluding carboxylic acids is 1. The van der Waals surface area contributed by atoms with E-state index >= 15 is 0 Å². The van der Waals surface area contributed by atoms with Crippen LogP contribution in [-0.4, -0.2) is 28.6 Å². The molecule has 0 unspecified atom stereocenters. The number of rotatable bonds is 3. The van der Waals surface area contributed by atoms with Crippen molar-refractivity contribution in [2.24, 2.45) is 0 Å². The summed E-state index contributed by atoms with van der Waals surface area (Å²) in [4.78, 5) is 26.6. The average molecular weight is 284 g/mol. The van der Waals surface area contributed by atoms with E-state index in [0.29, 0.717) is 12.2 Å². The first-order chi connectivity index (χ1) is 10.1. The van der Waals surface area contributed by atoms with E-state index in [1.165, 1.54) is 18.3 Å². The van der Waals surface area contributed by atoms with Gasteiger partial charge in [0.2, 0.25) is 0 Å². The molecule has 0 radical (unpaired) electrons. The van der Waals surface area contributed by atoms with Gasteiger partial charge in [0.1, 0.15) is 18.1 Å². The molecule has 6 heteroatoms. The second-order valence-corrected chi connectivity index (χ2v) is 4.61. The number of carboxylic acid groups (broad SMARTS) is 1. The van der Waals surface area contributed by atoms with Gasteiger partial charge in [0.15, 0.2) is 0 Å². The zero-order valence-corrected chi connectivity index (χ0v) is 10.9. The summed E-state index contributed by atoms with van der Waals surface area (Å²) in [5.74, 6) is -0.674. The number of para-hydroxylation sites is 1. The molecule has 0 fully saturated rings. The number of aromatic carboxylic acids is 1. The molecule has 0 saturated carbocycles. The maximum absolute atomic E-state index is 12.1. The van der Waals surface area contributed by atoms with Gasteiger partial charge in [-0.05, 0) is 18.2 Å². The fourth-order valence-corrected chi connectivity index (χ4v) is 2.18. The Morgan fingerprint density at radius 2 is 2.05 bits per heavy atom. The van der Waals surface area contributed by atoms with Gasteiger partial charge in [0.05, 0.1) is 11.6 Å². The lowest BCUT2D eigenvalue weighted by atomic mass is 10.1. The van der Waals surface area contributed by atoms with Crippen LogP contribution in [0.4, 0.5) is 0 Å². The van der Waals surface area contributed by atoms with Crippen molar-refractivity contribution in [3.63, 3.8) is 0 Å². The summed E-state index contributed by atoms with van der Waals surface area (Å²) in [5, 5.41) is 11.6. The van der Waals surface area contributed by atoms with Crippen LogP contribution in [0.3, 0.4) is 0 Å². The summed E-state index contributed by atoms with van der Waals surface area (Å²) in [6.07, 6.45) is 1.25. The summed E-state index contributed by atoms with van der Waals surface area (Å²) in [6.45, 7) is 0.381. The number of aromatic nitrogens is 1. The first-order valence-electron chi connectivity index (χ1n) is 6.37. The van der Waals surface area contributed by atoms with Crippen LogP contribution >= 0.6 is 0 Å². The Kier molecular flexibility index (Phi) is 3.27. The number of hydrogen-bond acceptors (Lipinski definition) is 4. The summed E-state index contributed by atoms with van der Waals surface area (Å²) in [7, 11) is 0. The number of hydrogen-bond donors (Lipinski definition) is 2. The van der Waals surface area contributed by atoms with Gasteiger partial charge in [0, 0.05) is 11.8 Å². The fraction of sp³-hybridized carbons (Fsp3) is 0.133. The monoisotopic (exact) mass is 284 g/mol. The Bertz CT molecular complexity index is 697. The minimum Gasteiger partial charge on any atom is -0.491 e. The Labute approximate surface area is 120 Å². The molecule has 0 bridgehead atoms. The molecule has 1 atom stereocenters. The van der Waals surface area contributed by atoms with Gasteiger partial charge in [-0.1, -0.05) is 18.2 Å². The van der Waals surface area contributed by atoms with E-state index in [0.717, 1.165) is 11.3 Å². The first kappa shape index (κ1) is 13.1. The predicted octanol–water partition coefficient (Wildman–Crippen LogP) is 1.64. The van der Waals surface area contributed by atoms with Crippen LogP contribution in [0.25, 0.3) is 0 Å². The first-order valence-corrected chi connectivity index (χ1v) is 6.37. The molecule has 0 saturated heterocycles. The minimum atomic E-state index is -1.12. The molecule has 2 N–H and O–H groups in total. The molecular weight excluding hydrogens is 272 g/mol. The van der Waals surface area contributed by atoms with Gasteiger partial charge < -0.3 is 15.2 Å². The van der Waals surface area contributed by atoms with Crippen molar-refractivity contribution in [3.05, 3.63) is 59.4 Å². The zero-order valence-electron chi connectivity index (χ0n) is 10.9. The van der Waals surface area contributed by atoms with Gasteiger partial charge in [0.25, 0.3) is 5.91 Å². The van der Waals surface area contributed by atoms with E-state index in [2.05, 4.69) is 10.3 Å². The van der Waals surface area contributed by atoms with E-state index < -0.39 is 5.97 Å². The van der Waals surface area contributed by atoms with Crippen molar-refractivity contribution in [1.82, 2.24) is 10.3 Å². The van der Waals surface area contributed by atoms with Gasteiger partial charge >= 0.3 is 5.97 Å². The van der Waals surface area contributed by atoms with E-state index in [1.54, 1.807) is 0 Å². The highest BCUT2D eigenvalue weighted by Gasteiger charge is 2.25. The molecule has 2 heterocycles. The number of carboxylic acids is 1. The lowest BCUT2D eigenvalue weighted by molar-refractivity contribution is 0.0689. The van der Waals surface area contributed by atoms with Gasteiger partial charge in [-0.15, -0.1) is 0 Å². The maximum atomic E-state index is 12.1. The van der Waals surface area contributed by atoms with E-state index in [4.69, 9.17) is 9.84 Å². The Morgan fingerprint density at radius 1 is 1.24 bits per heavy atom. The third-order valence-corrected chi connectivity index (χ3v) is 3.25. The molecule has 106 valence electrons. The third-order valence-electron chi connectivity index (χ3n) is 3.25. The molecule has 0 spiro atoms. The molecule has 3 rings (SSSR count). The number of carbonyl (C=O) groups is 2. The molecule has 6 nitrogen and oxygen atoms in total. The lowest BCUT2D eigenvalue weighted by Gasteiger charge is -2.11. The fourth-order valence-electron chi connectivity index (χ4n) is 2.18. The Hall–Kier alpha value is -2.89. The Balaban J connectivity index is 1.74. The normalized spacial score (nSPS) is 15.9. The summed E-state index contributed by atoms with van der Waals surface area (Å²) < 4.78 is 5.49. The average Bonchev–Trinajstić information content (AvgIpc) is 2.91. The van der Waals surface area contributed by atoms with Crippen molar-refractivity contribution >= 4 is 11.9 Å². The zero-order chi connectivity index (χ0) is 14.8. The van der Waals surface area contributed by atoms with Crippen molar-refractivity contribution < 1.29 is 19.4 Å². The van der Waals surface area contributed by atoms with Crippen molar-refractivity contribution in [2.75, 3.05) is 6.61 Å². The molecular formula is C15H12N2O4. The van der Waals surface area contributed by atoms with Gasteiger partial charge in [-0.3, -0.25) is 4.79 Å². The number of fused-ring (bicyclic) bond motifs is 1. The molecule has 0 aliphatic carbocycles. The molecule has 2 aromatic rings. The molecule has 1 aliphatic rings. The van der Waals surface area contributed by atoms with Crippen LogP contribution in [0.1, 0.15) is 32.5 Å². The number of amides is 1. The SMILES string of the molecule is O=C(N[C@H]1COc2ccccc21)c1ccc(C(=O)O)nc1. The second kappa shape index (κ2) is 5.24. The van der Waals surface area contributed by atoms with Crippen LogP contribution in [0.15, 0.2) is 42.6 Å². The smallest absolute Gasteiger partial charge is 0.354 e. The van der Waals surface area contributed by atoms with Crippen molar-refractivity contribution in [1.29, 1.82) is 0 Å². The lowest BCUT2D eigenvalue weighted by Crippen LogP contribution is -2.29. The van der Waals surface area contributed by atoms with Crippen LogP contribution < -0.4 is 10.1 Å². The summed E-state index contributed by atoms with van der Waals surface area (Å²) in [5.41, 5.74) is 1.14. The molecule has 1 amide bonds. The van der Waals surface area contributed by atoms with E-state index in [9.17, 15) is 9.59 Å². The number of ether oxygens (including phenoxy) is 1. The quantitative estimate of drug-likeness (QED) is 0.894. The minimum absolute atomic E-state index is 0.0962. The predicted molar refractivity (Wildman–Crippen MR) is 73.3 cm³/mol. The van der Waals surface area contributed by atoms with Crippen molar-refractivity contribution in [2.45, 2.75) is 6.04 Å². The highest BCUT2D eigenvalue weighted by Crippen LogP contribution is 2.31. The molecule has 1 aromatic heterocycles. The van der Waals surface area contributed by atoms with Crippen LogP contribution in [-0.2, 0) is 0 Å². The van der Waals surface area contributed by atoms with Gasteiger partial charge in [-0.2, -0.15) is 0 Å². The van der Waals surface area contributed by atoms with Gasteiger partial charge in [-0.25, -0.2) is 9.78 Å². The maximum Gasteiger partial charge on any atom is 0.354 e. The third kappa shape index (κ3) is 2.55. The standard InChI is InChI=1S/C15H12N2O4/c18-14(9-5-6-11(15(19)20)16-7-9)17-12-8-21-13-4-2-1-3-10(12)13/h1-7,12H,8H2,(H,17,18)(H,19,20)/t12-/m0/s1. The number of benzene rings is 1. The second-order valence-electron chi connectivity index (χ2n) is 4.61. The summed E-state index contributed by atoms with van der Waals surface area (Å²) >= 11 is 0. The number of pyridine rings is 1. The van der Waals surface area contributed by atoms with Crippen molar-refractivity contribution in [3.8, 4) is 5.75 Å². The van der Waals surface area contributed by atoms with Crippen LogP contribution in [0.5, 0.6) is 5.75 Å². The number of nitrogens with zero attached hydrogens (tertiary/aromatic N) is 1. The van der Waals surface area contributed by atoms with Crippen LogP contribution in [0, 0.1) is 0 Å². The number of nitrogens with one attached hydrogen (secondary N) is 1. The van der Waals surface area contributed by atoms with E-state index in [1.807, 2.05) is 24.3 Å². The van der Waals surface area contributed by atoms with Crippen LogP contribution in [0.2, 0.25) is 0 Å². The Morgan fingerprint density at radius 3 is 2.76 bits per heavy atom. The highest BCUT2D eigenvalue weighted by molar-refractivity contribution is 5.95. The summed E-state index contributed by atoms with van der Waals surface area (Å²) in [6, 6.07) is 10.0. The topological polar surface area (TPSA) is 88.5 Å². The van der Waals surface area contributed by atoms with E-state index in [-0.39, 0.29) is 17.6 Å².